The van der Waals surface area contributed by atoms with Gasteiger partial charge in [-0.15, -0.1) is 0 Å². The van der Waals surface area contributed by atoms with Gasteiger partial charge in [0.25, 0.3) is 0 Å². The number of hydrogen-bond donors (Lipinski definition) is 1. The summed E-state index contributed by atoms with van der Waals surface area (Å²) in [7, 11) is -3.60. The number of benzene rings is 2. The number of anilines is 2. The van der Waals surface area contributed by atoms with Crippen molar-refractivity contribution in [2.75, 3.05) is 15.9 Å². The third kappa shape index (κ3) is 4.56. The number of para-hydroxylation sites is 1. The van der Waals surface area contributed by atoms with Gasteiger partial charge in [0.15, 0.2) is 0 Å². The van der Waals surface area contributed by atoms with Crippen LogP contribution in [0.1, 0.15) is 6.92 Å². The monoisotopic (exact) mass is 396 g/mol. The molecule has 0 radical (unpaired) electrons. The average Bonchev–Trinajstić information content (AvgIpc) is 2.49. The summed E-state index contributed by atoms with van der Waals surface area (Å²) in [4.78, 5) is 12.4. The third-order valence-corrected chi connectivity index (χ3v) is 4.98. The lowest BCUT2D eigenvalue weighted by Crippen LogP contribution is -2.45. The second-order valence-corrected chi connectivity index (χ2v) is 7.84. The Morgan fingerprint density at radius 2 is 1.65 bits per heavy atom. The van der Waals surface area contributed by atoms with E-state index in [0.29, 0.717) is 11.4 Å². The van der Waals surface area contributed by atoms with E-state index in [1.165, 1.54) is 0 Å². The number of halogens is 1. The highest BCUT2D eigenvalue weighted by Gasteiger charge is 2.28. The summed E-state index contributed by atoms with van der Waals surface area (Å²) in [5.74, 6) is -0.401. The van der Waals surface area contributed by atoms with Crippen LogP contribution in [0.25, 0.3) is 0 Å². The summed E-state index contributed by atoms with van der Waals surface area (Å²) in [6, 6.07) is 14.8. The van der Waals surface area contributed by atoms with Crippen LogP contribution in [-0.2, 0) is 14.8 Å². The summed E-state index contributed by atoms with van der Waals surface area (Å²) in [5.41, 5.74) is 1.06. The Kier molecular flexibility index (Phi) is 5.43. The van der Waals surface area contributed by atoms with E-state index in [2.05, 4.69) is 21.2 Å². The van der Waals surface area contributed by atoms with Crippen LogP contribution < -0.4 is 9.62 Å². The molecule has 0 saturated heterocycles. The molecular weight excluding hydrogens is 380 g/mol. The van der Waals surface area contributed by atoms with Crippen LogP contribution in [-0.4, -0.2) is 26.6 Å². The van der Waals surface area contributed by atoms with Gasteiger partial charge < -0.3 is 5.32 Å². The van der Waals surface area contributed by atoms with E-state index < -0.39 is 22.0 Å². The second kappa shape index (κ2) is 7.14. The standard InChI is InChI=1S/C16H17BrN2O3S/c1-12(16(20)18-14-10-8-13(17)9-11-14)19(23(2,21)22)15-6-4-3-5-7-15/h3-12H,1-2H3,(H,18,20)/t12-/m0/s1. The first kappa shape index (κ1) is 17.5. The molecule has 2 aromatic carbocycles. The highest BCUT2D eigenvalue weighted by molar-refractivity contribution is 9.10. The summed E-state index contributed by atoms with van der Waals surface area (Å²) in [6.45, 7) is 1.56. The lowest BCUT2D eigenvalue weighted by molar-refractivity contribution is -0.116. The minimum atomic E-state index is -3.60. The molecule has 0 fully saturated rings. The van der Waals surface area contributed by atoms with Crippen LogP contribution in [0, 0.1) is 0 Å². The first-order valence-electron chi connectivity index (χ1n) is 6.90. The molecule has 5 nitrogen and oxygen atoms in total. The third-order valence-electron chi connectivity index (χ3n) is 3.21. The van der Waals surface area contributed by atoms with Gasteiger partial charge in [0, 0.05) is 10.2 Å². The van der Waals surface area contributed by atoms with Gasteiger partial charge in [-0.2, -0.15) is 0 Å². The Balaban J connectivity index is 2.25. The van der Waals surface area contributed by atoms with Crippen LogP contribution in [0.15, 0.2) is 59.1 Å². The summed E-state index contributed by atoms with van der Waals surface area (Å²) >= 11 is 3.32. The Morgan fingerprint density at radius 1 is 1.09 bits per heavy atom. The zero-order chi connectivity index (χ0) is 17.0. The number of nitrogens with zero attached hydrogens (tertiary/aromatic N) is 1. The molecule has 0 spiro atoms. The maximum atomic E-state index is 12.4. The van der Waals surface area contributed by atoms with Crippen LogP contribution in [0.3, 0.4) is 0 Å². The van der Waals surface area contributed by atoms with E-state index in [1.807, 2.05) is 0 Å². The van der Waals surface area contributed by atoms with E-state index in [0.717, 1.165) is 15.0 Å². The Bertz CT molecular complexity index is 777. The van der Waals surface area contributed by atoms with Crippen LogP contribution in [0.5, 0.6) is 0 Å². The molecule has 1 N–H and O–H groups in total. The molecule has 0 heterocycles. The maximum absolute atomic E-state index is 12.4. The molecule has 2 aromatic rings. The minimum absolute atomic E-state index is 0.401. The molecular formula is C16H17BrN2O3S. The van der Waals surface area contributed by atoms with E-state index in [-0.39, 0.29) is 0 Å². The fourth-order valence-electron chi connectivity index (χ4n) is 2.16. The van der Waals surface area contributed by atoms with Crippen molar-refractivity contribution in [3.05, 3.63) is 59.1 Å². The molecule has 0 aliphatic carbocycles. The fraction of sp³-hybridized carbons (Fsp3) is 0.188. The number of carbonyl (C=O) groups excluding carboxylic acids is 1. The van der Waals surface area contributed by atoms with Gasteiger partial charge in [-0.05, 0) is 43.3 Å². The molecule has 0 unspecified atom stereocenters. The number of hydrogen-bond acceptors (Lipinski definition) is 3. The van der Waals surface area contributed by atoms with Gasteiger partial charge in [0.2, 0.25) is 15.9 Å². The Labute approximate surface area is 144 Å². The molecule has 1 atom stereocenters. The number of nitrogens with one attached hydrogen (secondary N) is 1. The molecule has 0 aliphatic heterocycles. The maximum Gasteiger partial charge on any atom is 0.247 e. The van der Waals surface area contributed by atoms with Crippen molar-refractivity contribution in [1.82, 2.24) is 0 Å². The molecule has 122 valence electrons. The second-order valence-electron chi connectivity index (χ2n) is 5.07. The fourth-order valence-corrected chi connectivity index (χ4v) is 3.60. The van der Waals surface area contributed by atoms with Crippen molar-refractivity contribution in [1.29, 1.82) is 0 Å². The minimum Gasteiger partial charge on any atom is -0.324 e. The smallest absolute Gasteiger partial charge is 0.247 e. The highest BCUT2D eigenvalue weighted by Crippen LogP contribution is 2.21. The summed E-state index contributed by atoms with van der Waals surface area (Å²) in [6.07, 6.45) is 1.09. The Morgan fingerprint density at radius 3 is 2.17 bits per heavy atom. The van der Waals surface area contributed by atoms with Crippen molar-refractivity contribution >= 4 is 43.2 Å². The summed E-state index contributed by atoms with van der Waals surface area (Å²) in [5, 5.41) is 2.73. The van der Waals surface area contributed by atoms with Gasteiger partial charge in [-0.1, -0.05) is 34.1 Å². The first-order chi connectivity index (χ1) is 10.8. The van der Waals surface area contributed by atoms with Crippen LogP contribution in [0.4, 0.5) is 11.4 Å². The predicted octanol–water partition coefficient (Wildman–Crippen LogP) is 3.24. The molecule has 0 bridgehead atoms. The number of rotatable bonds is 5. The van der Waals surface area contributed by atoms with Crippen molar-refractivity contribution < 1.29 is 13.2 Å². The van der Waals surface area contributed by atoms with Gasteiger partial charge >= 0.3 is 0 Å². The lowest BCUT2D eigenvalue weighted by atomic mass is 10.2. The van der Waals surface area contributed by atoms with Gasteiger partial charge in [-0.25, -0.2) is 8.42 Å². The quantitative estimate of drug-likeness (QED) is 0.843. The molecule has 2 rings (SSSR count). The first-order valence-corrected chi connectivity index (χ1v) is 9.54. The van der Waals surface area contributed by atoms with Crippen molar-refractivity contribution in [3.63, 3.8) is 0 Å². The zero-order valence-electron chi connectivity index (χ0n) is 12.7. The lowest BCUT2D eigenvalue weighted by Gasteiger charge is -2.28. The molecule has 7 heteroatoms. The predicted molar refractivity (Wildman–Crippen MR) is 96.0 cm³/mol. The van der Waals surface area contributed by atoms with E-state index in [1.54, 1.807) is 61.5 Å². The van der Waals surface area contributed by atoms with Crippen molar-refractivity contribution in [2.45, 2.75) is 13.0 Å². The van der Waals surface area contributed by atoms with Gasteiger partial charge in [0.1, 0.15) is 6.04 Å². The number of carbonyl (C=O) groups is 1. The Hall–Kier alpha value is -1.86. The van der Waals surface area contributed by atoms with Crippen LogP contribution >= 0.6 is 15.9 Å². The molecule has 0 aromatic heterocycles. The number of amides is 1. The van der Waals surface area contributed by atoms with Crippen LogP contribution in [0.2, 0.25) is 0 Å². The van der Waals surface area contributed by atoms with Gasteiger partial charge in [-0.3, -0.25) is 9.10 Å². The van der Waals surface area contributed by atoms with Crippen molar-refractivity contribution in [3.8, 4) is 0 Å². The average molecular weight is 397 g/mol. The normalized spacial score (nSPS) is 12.5. The SMILES string of the molecule is C[C@@H](C(=O)Nc1ccc(Br)cc1)N(c1ccccc1)S(C)(=O)=O. The highest BCUT2D eigenvalue weighted by atomic mass is 79.9. The topological polar surface area (TPSA) is 66.5 Å². The van der Waals surface area contributed by atoms with E-state index >= 15 is 0 Å². The number of sulfonamides is 1. The van der Waals surface area contributed by atoms with E-state index in [4.69, 9.17) is 0 Å². The van der Waals surface area contributed by atoms with Gasteiger partial charge in [0.05, 0.1) is 11.9 Å². The molecule has 0 saturated carbocycles. The molecule has 1 amide bonds. The van der Waals surface area contributed by atoms with E-state index in [9.17, 15) is 13.2 Å². The molecule has 23 heavy (non-hydrogen) atoms. The zero-order valence-corrected chi connectivity index (χ0v) is 15.1. The summed E-state index contributed by atoms with van der Waals surface area (Å²) < 4.78 is 26.2. The molecule has 0 aliphatic rings. The van der Waals surface area contributed by atoms with Crippen molar-refractivity contribution in [2.24, 2.45) is 0 Å². The largest absolute Gasteiger partial charge is 0.324 e.